The average Bonchev–Trinajstić information content (AvgIpc) is 2.12. The molecule has 0 spiro atoms. The van der Waals surface area contributed by atoms with E-state index in [0.29, 0.717) is 12.3 Å². The van der Waals surface area contributed by atoms with Gasteiger partial charge in [0.2, 0.25) is 5.91 Å². The van der Waals surface area contributed by atoms with Crippen LogP contribution in [0.5, 0.6) is 0 Å². The minimum Gasteiger partial charge on any atom is -0.341 e. The first-order chi connectivity index (χ1) is 6.61. The van der Waals surface area contributed by atoms with E-state index in [9.17, 15) is 4.79 Å². The average molecular weight is 200 g/mol. The molecule has 1 amide bonds. The van der Waals surface area contributed by atoms with Crippen LogP contribution in [0.4, 0.5) is 0 Å². The molecule has 3 heteroatoms. The maximum atomic E-state index is 11.7. The summed E-state index contributed by atoms with van der Waals surface area (Å²) < 4.78 is 0. The molecule has 84 valence electrons. The van der Waals surface area contributed by atoms with Gasteiger partial charge in [0.25, 0.3) is 0 Å². The van der Waals surface area contributed by atoms with Gasteiger partial charge in [-0.3, -0.25) is 4.79 Å². The smallest absolute Gasteiger partial charge is 0.222 e. The molecular formula is C11H24N2O. The molecule has 0 unspecified atom stereocenters. The van der Waals surface area contributed by atoms with Crippen molar-refractivity contribution in [2.24, 2.45) is 0 Å². The Kier molecular flexibility index (Phi) is 7.48. The topological polar surface area (TPSA) is 23.6 Å². The van der Waals surface area contributed by atoms with Gasteiger partial charge in [0.1, 0.15) is 0 Å². The van der Waals surface area contributed by atoms with Gasteiger partial charge < -0.3 is 9.80 Å². The zero-order valence-electron chi connectivity index (χ0n) is 10.0. The molecule has 0 atom stereocenters. The lowest BCUT2D eigenvalue weighted by Crippen LogP contribution is -2.37. The fraction of sp³-hybridized carbons (Fsp3) is 0.909. The molecule has 0 aromatic rings. The number of carbonyl (C=O) groups excluding carboxylic acids is 1. The molecule has 3 nitrogen and oxygen atoms in total. The molecular weight excluding hydrogens is 176 g/mol. The Hall–Kier alpha value is -0.570. The van der Waals surface area contributed by atoms with E-state index in [4.69, 9.17) is 0 Å². The van der Waals surface area contributed by atoms with Crippen LogP contribution in [0.3, 0.4) is 0 Å². The van der Waals surface area contributed by atoms with Gasteiger partial charge in [-0.2, -0.15) is 0 Å². The lowest BCUT2D eigenvalue weighted by Gasteiger charge is -2.23. The first-order valence-corrected chi connectivity index (χ1v) is 5.54. The van der Waals surface area contributed by atoms with Crippen LogP contribution in [0.15, 0.2) is 0 Å². The Morgan fingerprint density at radius 1 is 1.00 bits per heavy atom. The summed E-state index contributed by atoms with van der Waals surface area (Å²) in [4.78, 5) is 15.7. The third kappa shape index (κ3) is 5.97. The summed E-state index contributed by atoms with van der Waals surface area (Å²) in [7, 11) is 4.07. The number of nitrogens with zero attached hydrogens (tertiary/aromatic N) is 2. The van der Waals surface area contributed by atoms with E-state index in [2.05, 4.69) is 11.8 Å². The summed E-state index contributed by atoms with van der Waals surface area (Å²) in [6.07, 6.45) is 2.68. The van der Waals surface area contributed by atoms with Gasteiger partial charge in [-0.15, -0.1) is 0 Å². The highest BCUT2D eigenvalue weighted by atomic mass is 16.2. The van der Waals surface area contributed by atoms with Crippen LogP contribution >= 0.6 is 0 Å². The standard InChI is InChI=1S/C11H24N2O/c1-5-7-11(14)13(8-6-2)10-9-12(3)4/h5-10H2,1-4H3. The highest BCUT2D eigenvalue weighted by Crippen LogP contribution is 1.99. The van der Waals surface area contributed by atoms with Crippen molar-refractivity contribution in [3.05, 3.63) is 0 Å². The Bertz CT molecular complexity index is 157. The molecule has 0 radical (unpaired) electrons. The van der Waals surface area contributed by atoms with Crippen LogP contribution in [-0.4, -0.2) is 49.4 Å². The van der Waals surface area contributed by atoms with Crippen molar-refractivity contribution in [3.63, 3.8) is 0 Å². The molecule has 0 saturated heterocycles. The van der Waals surface area contributed by atoms with Crippen molar-refractivity contribution >= 4 is 5.91 Å². The second-order valence-corrected chi connectivity index (χ2v) is 3.93. The molecule has 0 aliphatic carbocycles. The molecule has 0 bridgehead atoms. The van der Waals surface area contributed by atoms with Crippen LogP contribution in [0.1, 0.15) is 33.1 Å². The third-order valence-electron chi connectivity index (χ3n) is 2.13. The number of hydrogen-bond donors (Lipinski definition) is 0. The largest absolute Gasteiger partial charge is 0.341 e. The normalized spacial score (nSPS) is 10.6. The van der Waals surface area contributed by atoms with Crippen molar-refractivity contribution < 1.29 is 4.79 Å². The van der Waals surface area contributed by atoms with E-state index >= 15 is 0 Å². The van der Waals surface area contributed by atoms with Gasteiger partial charge in [-0.05, 0) is 26.9 Å². The fourth-order valence-corrected chi connectivity index (χ4v) is 1.32. The Labute approximate surface area is 88.1 Å². The summed E-state index contributed by atoms with van der Waals surface area (Å²) >= 11 is 0. The van der Waals surface area contributed by atoms with E-state index in [1.807, 2.05) is 25.9 Å². The first-order valence-electron chi connectivity index (χ1n) is 5.54. The minimum atomic E-state index is 0.302. The Morgan fingerprint density at radius 2 is 1.64 bits per heavy atom. The quantitative estimate of drug-likeness (QED) is 0.623. The first kappa shape index (κ1) is 13.4. The predicted octanol–water partition coefficient (Wildman–Crippen LogP) is 1.59. The SMILES string of the molecule is CCCC(=O)N(CCC)CCN(C)C. The number of rotatable bonds is 7. The van der Waals surface area contributed by atoms with Crippen LogP contribution in [0, 0.1) is 0 Å². The van der Waals surface area contributed by atoms with Crippen molar-refractivity contribution in [3.8, 4) is 0 Å². The van der Waals surface area contributed by atoms with Gasteiger partial charge >= 0.3 is 0 Å². The molecule has 0 aliphatic heterocycles. The second kappa shape index (κ2) is 7.80. The van der Waals surface area contributed by atoms with Crippen molar-refractivity contribution in [1.29, 1.82) is 0 Å². The molecule has 0 aromatic heterocycles. The summed E-state index contributed by atoms with van der Waals surface area (Å²) in [5, 5.41) is 0. The van der Waals surface area contributed by atoms with Crippen LogP contribution in [0.2, 0.25) is 0 Å². The van der Waals surface area contributed by atoms with E-state index in [-0.39, 0.29) is 0 Å². The summed E-state index contributed by atoms with van der Waals surface area (Å²) in [6.45, 7) is 6.87. The molecule has 0 heterocycles. The molecule has 0 aliphatic rings. The molecule has 0 saturated carbocycles. The predicted molar refractivity (Wildman–Crippen MR) is 60.3 cm³/mol. The number of hydrogen-bond acceptors (Lipinski definition) is 2. The second-order valence-electron chi connectivity index (χ2n) is 3.93. The summed E-state index contributed by atoms with van der Waals surface area (Å²) in [5.74, 6) is 0.302. The van der Waals surface area contributed by atoms with Gasteiger partial charge in [0, 0.05) is 26.1 Å². The van der Waals surface area contributed by atoms with Gasteiger partial charge in [0.05, 0.1) is 0 Å². The lowest BCUT2D eigenvalue weighted by molar-refractivity contribution is -0.131. The van der Waals surface area contributed by atoms with Crippen LogP contribution in [-0.2, 0) is 4.79 Å². The highest BCUT2D eigenvalue weighted by molar-refractivity contribution is 5.76. The van der Waals surface area contributed by atoms with E-state index < -0.39 is 0 Å². The highest BCUT2D eigenvalue weighted by Gasteiger charge is 2.10. The number of likely N-dealkylation sites (N-methyl/N-ethyl adjacent to an activating group) is 1. The third-order valence-corrected chi connectivity index (χ3v) is 2.13. The summed E-state index contributed by atoms with van der Waals surface area (Å²) in [5.41, 5.74) is 0. The Balaban J connectivity index is 3.93. The molecule has 0 N–H and O–H groups in total. The monoisotopic (exact) mass is 200 g/mol. The maximum Gasteiger partial charge on any atom is 0.222 e. The molecule has 0 rings (SSSR count). The summed E-state index contributed by atoms with van der Waals surface area (Å²) in [6, 6.07) is 0. The van der Waals surface area contributed by atoms with Crippen LogP contribution < -0.4 is 0 Å². The van der Waals surface area contributed by atoms with Crippen molar-refractivity contribution in [1.82, 2.24) is 9.80 Å². The number of carbonyl (C=O) groups is 1. The van der Waals surface area contributed by atoms with Crippen molar-refractivity contribution in [2.75, 3.05) is 33.7 Å². The number of amides is 1. The van der Waals surface area contributed by atoms with Gasteiger partial charge in [-0.25, -0.2) is 0 Å². The van der Waals surface area contributed by atoms with Gasteiger partial charge in [-0.1, -0.05) is 13.8 Å². The maximum absolute atomic E-state index is 11.7. The van der Waals surface area contributed by atoms with E-state index in [0.717, 1.165) is 32.5 Å². The van der Waals surface area contributed by atoms with E-state index in [1.165, 1.54) is 0 Å². The lowest BCUT2D eigenvalue weighted by atomic mass is 10.3. The fourth-order valence-electron chi connectivity index (χ4n) is 1.32. The Morgan fingerprint density at radius 3 is 2.07 bits per heavy atom. The zero-order valence-corrected chi connectivity index (χ0v) is 10.0. The molecule has 14 heavy (non-hydrogen) atoms. The minimum absolute atomic E-state index is 0.302. The molecule has 0 fully saturated rings. The molecule has 0 aromatic carbocycles. The van der Waals surface area contributed by atoms with Gasteiger partial charge in [0.15, 0.2) is 0 Å². The zero-order chi connectivity index (χ0) is 11.0. The van der Waals surface area contributed by atoms with E-state index in [1.54, 1.807) is 0 Å². The van der Waals surface area contributed by atoms with Crippen LogP contribution in [0.25, 0.3) is 0 Å². The van der Waals surface area contributed by atoms with Crippen molar-refractivity contribution in [2.45, 2.75) is 33.1 Å².